The number of aromatic nitrogens is 2. The van der Waals surface area contributed by atoms with Gasteiger partial charge < -0.3 is 4.74 Å². The molecular weight excluding hydrogens is 426 g/mol. The molecule has 4 rings (SSSR count). The number of hydrogen-bond acceptors (Lipinski definition) is 6. The third-order valence-corrected chi connectivity index (χ3v) is 5.63. The summed E-state index contributed by atoms with van der Waals surface area (Å²) in [4.78, 5) is 40.4. The van der Waals surface area contributed by atoms with E-state index in [1.165, 1.54) is 6.07 Å². The van der Waals surface area contributed by atoms with Crippen molar-refractivity contribution in [3.63, 3.8) is 0 Å². The molecule has 162 valence electrons. The van der Waals surface area contributed by atoms with Crippen molar-refractivity contribution in [2.75, 3.05) is 6.61 Å². The number of imide groups is 1. The Kier molecular flexibility index (Phi) is 6.51. The third kappa shape index (κ3) is 5.33. The maximum absolute atomic E-state index is 12.6. The van der Waals surface area contributed by atoms with E-state index < -0.39 is 0 Å². The van der Waals surface area contributed by atoms with Crippen molar-refractivity contribution in [1.29, 1.82) is 0 Å². The largest absolute Gasteiger partial charge is 0.492 e. The Bertz CT molecular complexity index is 1230. The Morgan fingerprint density at radius 3 is 2.50 bits per heavy atom. The van der Waals surface area contributed by atoms with E-state index >= 15 is 0 Å². The highest BCUT2D eigenvalue weighted by Crippen LogP contribution is 2.26. The second kappa shape index (κ2) is 9.65. The maximum atomic E-state index is 12.6. The van der Waals surface area contributed by atoms with Crippen molar-refractivity contribution in [3.8, 4) is 5.75 Å². The molecule has 1 fully saturated rings. The highest BCUT2D eigenvalue weighted by Gasteiger charge is 2.24. The predicted molar refractivity (Wildman–Crippen MR) is 124 cm³/mol. The van der Waals surface area contributed by atoms with Gasteiger partial charge in [0.2, 0.25) is 0 Å². The first kappa shape index (κ1) is 21.6. The normalized spacial score (nSPS) is 14.6. The van der Waals surface area contributed by atoms with Crippen LogP contribution in [0.5, 0.6) is 5.75 Å². The fraction of sp³-hybridized carbons (Fsp3) is 0.167. The first-order valence-corrected chi connectivity index (χ1v) is 10.9. The van der Waals surface area contributed by atoms with Crippen LogP contribution in [0.3, 0.4) is 0 Å². The standard InChI is InChI=1S/C24H21N3O4S/c1-16-13-22(28)27(21(25-16)15-17-5-3-2-4-6-17)11-12-31-19-9-7-18(8-10-19)14-20-23(29)26-24(30)32-20/h2-10,13-14H,11-12,15H2,1H3,(H,26,29,30). The zero-order valence-electron chi connectivity index (χ0n) is 17.4. The minimum absolute atomic E-state index is 0.101. The lowest BCUT2D eigenvalue weighted by Crippen LogP contribution is -2.27. The number of amides is 2. The van der Waals surface area contributed by atoms with Gasteiger partial charge in [-0.2, -0.15) is 0 Å². The summed E-state index contributed by atoms with van der Waals surface area (Å²) in [6, 6.07) is 18.6. The van der Waals surface area contributed by atoms with Crippen LogP contribution >= 0.6 is 11.8 Å². The van der Waals surface area contributed by atoms with Crippen molar-refractivity contribution in [1.82, 2.24) is 14.9 Å². The molecule has 0 radical (unpaired) electrons. The minimum atomic E-state index is -0.385. The van der Waals surface area contributed by atoms with E-state index in [-0.39, 0.29) is 16.7 Å². The summed E-state index contributed by atoms with van der Waals surface area (Å²) in [5, 5.41) is 1.86. The van der Waals surface area contributed by atoms with Gasteiger partial charge in [0.25, 0.3) is 16.7 Å². The van der Waals surface area contributed by atoms with Crippen LogP contribution in [0.15, 0.2) is 70.4 Å². The molecule has 2 amide bonds. The predicted octanol–water partition coefficient (Wildman–Crippen LogP) is 3.55. The molecule has 3 aromatic rings. The van der Waals surface area contributed by atoms with Crippen LogP contribution in [-0.4, -0.2) is 27.3 Å². The minimum Gasteiger partial charge on any atom is -0.492 e. The summed E-state index contributed by atoms with van der Waals surface area (Å²) in [6.07, 6.45) is 2.22. The van der Waals surface area contributed by atoms with Gasteiger partial charge in [0.15, 0.2) is 0 Å². The molecule has 7 nitrogen and oxygen atoms in total. The number of benzene rings is 2. The molecule has 0 bridgehead atoms. The number of nitrogens with zero attached hydrogens (tertiary/aromatic N) is 2. The average Bonchev–Trinajstić information content (AvgIpc) is 3.08. The highest BCUT2D eigenvalue weighted by atomic mass is 32.2. The van der Waals surface area contributed by atoms with E-state index in [4.69, 9.17) is 4.74 Å². The average molecular weight is 448 g/mol. The molecular formula is C24H21N3O4S. The summed E-state index contributed by atoms with van der Waals surface area (Å²) < 4.78 is 7.46. The molecule has 1 aromatic heterocycles. The summed E-state index contributed by atoms with van der Waals surface area (Å²) in [6.45, 7) is 2.50. The highest BCUT2D eigenvalue weighted by molar-refractivity contribution is 8.18. The lowest BCUT2D eigenvalue weighted by Gasteiger charge is -2.14. The van der Waals surface area contributed by atoms with Crippen molar-refractivity contribution >= 4 is 29.0 Å². The molecule has 2 aromatic carbocycles. The second-order valence-electron chi connectivity index (χ2n) is 7.24. The van der Waals surface area contributed by atoms with E-state index in [1.807, 2.05) is 37.3 Å². The second-order valence-corrected chi connectivity index (χ2v) is 8.25. The summed E-state index contributed by atoms with van der Waals surface area (Å²) in [5.74, 6) is 0.960. The summed E-state index contributed by atoms with van der Waals surface area (Å²) >= 11 is 0.880. The number of aryl methyl sites for hydroxylation is 1. The number of carbonyl (C=O) groups excluding carboxylic acids is 2. The number of rotatable bonds is 7. The monoisotopic (exact) mass is 447 g/mol. The first-order valence-electron chi connectivity index (χ1n) is 10.1. The number of nitrogens with one attached hydrogen (secondary N) is 1. The van der Waals surface area contributed by atoms with Crippen molar-refractivity contribution < 1.29 is 14.3 Å². The van der Waals surface area contributed by atoms with Crippen LogP contribution in [0, 0.1) is 6.92 Å². The third-order valence-electron chi connectivity index (χ3n) is 4.82. The molecule has 1 N–H and O–H groups in total. The van der Waals surface area contributed by atoms with Crippen molar-refractivity contribution in [2.45, 2.75) is 19.9 Å². The van der Waals surface area contributed by atoms with Crippen LogP contribution in [0.2, 0.25) is 0 Å². The molecule has 0 saturated carbocycles. The van der Waals surface area contributed by atoms with Crippen molar-refractivity contribution in [3.05, 3.63) is 98.6 Å². The van der Waals surface area contributed by atoms with Gasteiger partial charge >= 0.3 is 0 Å². The van der Waals surface area contributed by atoms with E-state index in [0.717, 1.165) is 22.9 Å². The summed E-state index contributed by atoms with van der Waals surface area (Å²) in [5.41, 5.74) is 2.46. The van der Waals surface area contributed by atoms with Crippen LogP contribution in [-0.2, 0) is 17.8 Å². The number of ether oxygens (including phenoxy) is 1. The first-order chi connectivity index (χ1) is 15.5. The molecule has 1 aliphatic heterocycles. The van der Waals surface area contributed by atoms with E-state index in [9.17, 15) is 14.4 Å². The van der Waals surface area contributed by atoms with Gasteiger partial charge in [0, 0.05) is 18.2 Å². The van der Waals surface area contributed by atoms with Gasteiger partial charge in [-0.3, -0.25) is 24.3 Å². The van der Waals surface area contributed by atoms with Gasteiger partial charge in [-0.05, 0) is 48.0 Å². The van der Waals surface area contributed by atoms with E-state index in [2.05, 4.69) is 10.3 Å². The lowest BCUT2D eigenvalue weighted by molar-refractivity contribution is -0.115. The zero-order valence-corrected chi connectivity index (χ0v) is 18.2. The molecule has 2 heterocycles. The zero-order chi connectivity index (χ0) is 22.5. The number of thioether (sulfide) groups is 1. The maximum Gasteiger partial charge on any atom is 0.290 e. The molecule has 0 unspecified atom stereocenters. The SMILES string of the molecule is Cc1cc(=O)n(CCOc2ccc(C=C3SC(=O)NC3=O)cc2)c(Cc2ccccc2)n1. The Hall–Kier alpha value is -3.65. The Morgan fingerprint density at radius 1 is 1.06 bits per heavy atom. The van der Waals surface area contributed by atoms with Gasteiger partial charge in [-0.25, -0.2) is 4.98 Å². The molecule has 0 atom stereocenters. The van der Waals surface area contributed by atoms with Crippen molar-refractivity contribution in [2.24, 2.45) is 0 Å². The van der Waals surface area contributed by atoms with E-state index in [1.54, 1.807) is 34.9 Å². The Labute approximate surface area is 189 Å². The summed E-state index contributed by atoms with van der Waals surface area (Å²) in [7, 11) is 0. The van der Waals surface area contributed by atoms with Crippen LogP contribution in [0.25, 0.3) is 6.08 Å². The fourth-order valence-corrected chi connectivity index (χ4v) is 4.00. The van der Waals surface area contributed by atoms with Crippen LogP contribution in [0.1, 0.15) is 22.6 Å². The van der Waals surface area contributed by atoms with Gasteiger partial charge in [0.05, 0.1) is 11.4 Å². The molecule has 1 aliphatic rings. The molecule has 32 heavy (non-hydrogen) atoms. The van der Waals surface area contributed by atoms with Gasteiger partial charge in [0.1, 0.15) is 18.2 Å². The van der Waals surface area contributed by atoms with Crippen LogP contribution in [0.4, 0.5) is 4.79 Å². The molecule has 0 spiro atoms. The van der Waals surface area contributed by atoms with E-state index in [0.29, 0.717) is 41.7 Å². The fourth-order valence-electron chi connectivity index (χ4n) is 3.32. The molecule has 1 saturated heterocycles. The lowest BCUT2D eigenvalue weighted by atomic mass is 10.1. The van der Waals surface area contributed by atoms with Gasteiger partial charge in [-0.15, -0.1) is 0 Å². The number of carbonyl (C=O) groups is 2. The topological polar surface area (TPSA) is 90.3 Å². The van der Waals surface area contributed by atoms with Crippen LogP contribution < -0.4 is 15.6 Å². The molecule has 0 aliphatic carbocycles. The Balaban J connectivity index is 1.41. The Morgan fingerprint density at radius 2 is 1.81 bits per heavy atom. The quantitative estimate of drug-likeness (QED) is 0.557. The van der Waals surface area contributed by atoms with Gasteiger partial charge in [-0.1, -0.05) is 42.5 Å². The smallest absolute Gasteiger partial charge is 0.290 e. The number of hydrogen-bond donors (Lipinski definition) is 1. The molecule has 8 heteroatoms.